The molecule has 1 fully saturated rings. The third-order valence-corrected chi connectivity index (χ3v) is 6.45. The third kappa shape index (κ3) is 4.61. The normalized spacial score (nSPS) is 13.9. The monoisotopic (exact) mass is 492 g/mol. The molecule has 0 atom stereocenters. The number of benzene rings is 1. The zero-order chi connectivity index (χ0) is 24.7. The van der Waals surface area contributed by atoms with Crippen molar-refractivity contribution in [2.75, 3.05) is 29.9 Å². The number of hydrogen-bond donors (Lipinski definition) is 1. The highest BCUT2D eigenvalue weighted by Crippen LogP contribution is 2.37. The van der Waals surface area contributed by atoms with E-state index in [0.29, 0.717) is 47.2 Å². The van der Waals surface area contributed by atoms with Crippen LogP contribution in [0.15, 0.2) is 42.9 Å². The van der Waals surface area contributed by atoms with Crippen molar-refractivity contribution in [2.24, 2.45) is 13.0 Å². The summed E-state index contributed by atoms with van der Waals surface area (Å²) in [6.07, 6.45) is 5.30. The number of rotatable bonds is 7. The van der Waals surface area contributed by atoms with E-state index in [9.17, 15) is 10.1 Å². The number of pyridine rings is 1. The molecule has 1 aliphatic heterocycles. The SMILES string of the molecule is CC(C)c1ccc(N2CC(C[N+](=O)[O-])C2)c2cnc(Nc3ccnc(-c4cn(C)nc4Cl)n3)cc12. The molecule has 0 saturated carbocycles. The lowest BCUT2D eigenvalue weighted by Gasteiger charge is -2.39. The van der Waals surface area contributed by atoms with E-state index in [-0.39, 0.29) is 17.4 Å². The Hall–Kier alpha value is -3.79. The van der Waals surface area contributed by atoms with Gasteiger partial charge in [0.25, 0.3) is 0 Å². The molecule has 1 N–H and O–H groups in total. The summed E-state index contributed by atoms with van der Waals surface area (Å²) in [5.74, 6) is 2.13. The Kier molecular flexibility index (Phi) is 5.98. The first-order valence-corrected chi connectivity index (χ1v) is 11.7. The quantitative estimate of drug-likeness (QED) is 0.292. The minimum absolute atomic E-state index is 0.00993. The van der Waals surface area contributed by atoms with E-state index in [4.69, 9.17) is 11.6 Å². The van der Waals surface area contributed by atoms with Gasteiger partial charge in [0.2, 0.25) is 6.54 Å². The van der Waals surface area contributed by atoms with Crippen molar-refractivity contribution >= 4 is 39.7 Å². The molecule has 11 heteroatoms. The first-order chi connectivity index (χ1) is 16.8. The largest absolute Gasteiger partial charge is 0.370 e. The Morgan fingerprint density at radius 1 is 1.20 bits per heavy atom. The number of halogens is 1. The first kappa shape index (κ1) is 23.0. The summed E-state index contributed by atoms with van der Waals surface area (Å²) in [6, 6.07) is 8.04. The van der Waals surface area contributed by atoms with E-state index in [1.54, 1.807) is 30.2 Å². The Morgan fingerprint density at radius 3 is 2.69 bits per heavy atom. The molecule has 0 amide bonds. The molecule has 180 valence electrons. The second-order valence-corrected chi connectivity index (χ2v) is 9.49. The van der Waals surface area contributed by atoms with Gasteiger partial charge in [0.1, 0.15) is 11.6 Å². The van der Waals surface area contributed by atoms with Crippen LogP contribution in [0.4, 0.5) is 17.3 Å². The van der Waals surface area contributed by atoms with Crippen LogP contribution in [-0.4, -0.2) is 49.3 Å². The van der Waals surface area contributed by atoms with Crippen LogP contribution in [0.3, 0.4) is 0 Å². The van der Waals surface area contributed by atoms with Crippen LogP contribution in [0.2, 0.25) is 5.15 Å². The van der Waals surface area contributed by atoms with E-state index in [0.717, 1.165) is 16.5 Å². The van der Waals surface area contributed by atoms with Crippen molar-refractivity contribution < 1.29 is 4.92 Å². The topological polar surface area (TPSA) is 115 Å². The lowest BCUT2D eigenvalue weighted by Crippen LogP contribution is -2.49. The van der Waals surface area contributed by atoms with Crippen molar-refractivity contribution in [3.63, 3.8) is 0 Å². The van der Waals surface area contributed by atoms with E-state index >= 15 is 0 Å². The zero-order valence-corrected chi connectivity index (χ0v) is 20.4. The fourth-order valence-corrected chi connectivity index (χ4v) is 4.74. The van der Waals surface area contributed by atoms with E-state index in [1.807, 2.05) is 12.3 Å². The number of aryl methyl sites for hydroxylation is 1. The summed E-state index contributed by atoms with van der Waals surface area (Å²) in [5.41, 5.74) is 2.92. The average molecular weight is 493 g/mol. The summed E-state index contributed by atoms with van der Waals surface area (Å²) in [6.45, 7) is 5.69. The molecule has 0 bridgehead atoms. The Labute approximate surface area is 207 Å². The van der Waals surface area contributed by atoms with Crippen molar-refractivity contribution in [2.45, 2.75) is 19.8 Å². The molecular formula is C24H25ClN8O2. The summed E-state index contributed by atoms with van der Waals surface area (Å²) in [5, 5.41) is 20.7. The van der Waals surface area contributed by atoms with Crippen molar-refractivity contribution in [3.05, 3.63) is 63.7 Å². The maximum absolute atomic E-state index is 10.8. The maximum Gasteiger partial charge on any atom is 0.210 e. The van der Waals surface area contributed by atoms with Gasteiger partial charge >= 0.3 is 0 Å². The van der Waals surface area contributed by atoms with Gasteiger partial charge in [0.15, 0.2) is 11.0 Å². The first-order valence-electron chi connectivity index (χ1n) is 11.4. The summed E-state index contributed by atoms with van der Waals surface area (Å²) in [4.78, 5) is 26.3. The molecule has 1 aliphatic rings. The molecule has 4 heterocycles. The molecule has 0 spiro atoms. The number of anilines is 3. The number of nitrogens with zero attached hydrogens (tertiary/aromatic N) is 7. The molecule has 0 aliphatic carbocycles. The fourth-order valence-electron chi connectivity index (χ4n) is 4.49. The highest BCUT2D eigenvalue weighted by atomic mass is 35.5. The van der Waals surface area contributed by atoms with Gasteiger partial charge in [-0.05, 0) is 35.1 Å². The lowest BCUT2D eigenvalue weighted by atomic mass is 9.93. The van der Waals surface area contributed by atoms with Gasteiger partial charge < -0.3 is 10.2 Å². The minimum atomic E-state index is -0.234. The number of nitrogens with one attached hydrogen (secondary N) is 1. The van der Waals surface area contributed by atoms with Gasteiger partial charge in [-0.3, -0.25) is 14.8 Å². The van der Waals surface area contributed by atoms with E-state index < -0.39 is 0 Å². The lowest BCUT2D eigenvalue weighted by molar-refractivity contribution is -0.488. The van der Waals surface area contributed by atoms with Crippen molar-refractivity contribution in [1.82, 2.24) is 24.7 Å². The predicted octanol–water partition coefficient (Wildman–Crippen LogP) is 4.66. The van der Waals surface area contributed by atoms with Crippen molar-refractivity contribution in [1.29, 1.82) is 0 Å². The van der Waals surface area contributed by atoms with Crippen LogP contribution in [0.5, 0.6) is 0 Å². The zero-order valence-electron chi connectivity index (χ0n) is 19.6. The third-order valence-electron chi connectivity index (χ3n) is 6.18. The number of nitro groups is 1. The fraction of sp³-hybridized carbons (Fsp3) is 0.333. The van der Waals surface area contributed by atoms with Gasteiger partial charge in [-0.15, -0.1) is 0 Å². The average Bonchev–Trinajstić information content (AvgIpc) is 3.13. The van der Waals surface area contributed by atoms with Crippen molar-refractivity contribution in [3.8, 4) is 11.4 Å². The smallest absolute Gasteiger partial charge is 0.210 e. The van der Waals surface area contributed by atoms with Crippen LogP contribution >= 0.6 is 11.6 Å². The Bertz CT molecular complexity index is 1410. The Balaban J connectivity index is 1.45. The number of fused-ring (bicyclic) bond motifs is 1. The molecule has 4 aromatic rings. The Morgan fingerprint density at radius 2 is 2.00 bits per heavy atom. The standard InChI is InChI=1S/C24H25ClN8O2/c1-14(2)16-4-5-20(32-10-15(11-32)12-33(34)35)18-9-27-22(8-17(16)18)28-21-6-7-26-24(29-21)19-13-31(3)30-23(19)25/h4-9,13-15H,10-12H2,1-3H3,(H,26,27,28,29). The molecule has 10 nitrogen and oxygen atoms in total. The molecule has 0 radical (unpaired) electrons. The van der Waals surface area contributed by atoms with Gasteiger partial charge in [-0.1, -0.05) is 31.5 Å². The van der Waals surface area contributed by atoms with Gasteiger partial charge in [-0.25, -0.2) is 15.0 Å². The molecule has 5 rings (SSSR count). The van der Waals surface area contributed by atoms with Crippen LogP contribution in [0, 0.1) is 16.0 Å². The van der Waals surface area contributed by atoms with Crippen LogP contribution in [-0.2, 0) is 7.05 Å². The molecule has 3 aromatic heterocycles. The molecule has 1 aromatic carbocycles. The molecule has 0 unspecified atom stereocenters. The minimum Gasteiger partial charge on any atom is -0.370 e. The highest BCUT2D eigenvalue weighted by molar-refractivity contribution is 6.31. The van der Waals surface area contributed by atoms with Gasteiger partial charge in [0, 0.05) is 54.7 Å². The van der Waals surface area contributed by atoms with Gasteiger partial charge in [0.05, 0.1) is 11.5 Å². The number of hydrogen-bond acceptors (Lipinski definition) is 8. The van der Waals surface area contributed by atoms with Crippen LogP contribution in [0.25, 0.3) is 22.2 Å². The second kappa shape index (κ2) is 9.10. The van der Waals surface area contributed by atoms with E-state index in [1.165, 1.54) is 5.56 Å². The maximum atomic E-state index is 10.8. The molecule has 1 saturated heterocycles. The van der Waals surface area contributed by atoms with Gasteiger partial charge in [-0.2, -0.15) is 5.10 Å². The van der Waals surface area contributed by atoms with E-state index in [2.05, 4.69) is 56.2 Å². The summed E-state index contributed by atoms with van der Waals surface area (Å²) < 4.78 is 1.62. The number of aromatic nitrogens is 5. The van der Waals surface area contributed by atoms with Crippen LogP contribution in [0.1, 0.15) is 25.3 Å². The van der Waals surface area contributed by atoms with Crippen LogP contribution < -0.4 is 10.2 Å². The second-order valence-electron chi connectivity index (χ2n) is 9.13. The molecule has 35 heavy (non-hydrogen) atoms. The predicted molar refractivity (Wildman–Crippen MR) is 136 cm³/mol. The molecular weight excluding hydrogens is 468 g/mol. The summed E-state index contributed by atoms with van der Waals surface area (Å²) in [7, 11) is 1.79. The summed E-state index contributed by atoms with van der Waals surface area (Å²) >= 11 is 6.21. The highest BCUT2D eigenvalue weighted by Gasteiger charge is 2.32.